The van der Waals surface area contributed by atoms with E-state index in [1.165, 1.54) is 11.1 Å². The van der Waals surface area contributed by atoms with Crippen LogP contribution in [-0.4, -0.2) is 50.0 Å². The van der Waals surface area contributed by atoms with E-state index >= 15 is 0 Å². The van der Waals surface area contributed by atoms with Crippen molar-refractivity contribution in [3.63, 3.8) is 0 Å². The topological polar surface area (TPSA) is 57.6 Å². The molecule has 2 heterocycles. The quantitative estimate of drug-likeness (QED) is 0.743. The van der Waals surface area contributed by atoms with E-state index in [4.69, 9.17) is 4.74 Å². The van der Waals surface area contributed by atoms with Gasteiger partial charge in [-0.15, -0.1) is 0 Å². The lowest BCUT2D eigenvalue weighted by molar-refractivity contribution is 0.199. The van der Waals surface area contributed by atoms with Crippen molar-refractivity contribution in [3.8, 4) is 0 Å². The van der Waals surface area contributed by atoms with Crippen molar-refractivity contribution in [2.24, 2.45) is 5.92 Å². The zero-order chi connectivity index (χ0) is 15.1. The highest BCUT2D eigenvalue weighted by molar-refractivity contribution is 5.47. The van der Waals surface area contributed by atoms with E-state index in [1.54, 1.807) is 7.11 Å². The van der Waals surface area contributed by atoms with Crippen molar-refractivity contribution >= 4 is 5.82 Å². The van der Waals surface area contributed by atoms with Gasteiger partial charge in [0.25, 0.3) is 0 Å². The molecule has 1 aliphatic heterocycles. The number of anilines is 1. The van der Waals surface area contributed by atoms with Gasteiger partial charge in [-0.05, 0) is 42.9 Å². The summed E-state index contributed by atoms with van der Waals surface area (Å²) in [7, 11) is 1.71. The van der Waals surface area contributed by atoms with E-state index in [0.29, 0.717) is 5.92 Å². The number of aromatic nitrogens is 1. The number of methoxy groups -OCH3 is 1. The number of piperidine rings is 1. The fourth-order valence-electron chi connectivity index (χ4n) is 2.87. The summed E-state index contributed by atoms with van der Waals surface area (Å²) < 4.78 is 5.02. The van der Waals surface area contributed by atoms with Gasteiger partial charge in [-0.25, -0.2) is 4.98 Å². The number of pyridine rings is 1. The molecule has 2 rings (SSSR count). The Balaban J connectivity index is 1.95. The average molecular weight is 293 g/mol. The van der Waals surface area contributed by atoms with Gasteiger partial charge in [0.2, 0.25) is 0 Å². The van der Waals surface area contributed by atoms with Crippen LogP contribution < -0.4 is 10.2 Å². The Morgan fingerprint density at radius 1 is 1.52 bits per heavy atom. The highest BCUT2D eigenvalue weighted by Crippen LogP contribution is 2.24. The summed E-state index contributed by atoms with van der Waals surface area (Å²) in [6.45, 7) is 6.73. The summed E-state index contributed by atoms with van der Waals surface area (Å²) >= 11 is 0. The normalized spacial score (nSPS) is 19.0. The smallest absolute Gasteiger partial charge is 0.131 e. The Labute approximate surface area is 127 Å². The van der Waals surface area contributed by atoms with E-state index < -0.39 is 0 Å². The molecule has 2 N–H and O–H groups in total. The maximum absolute atomic E-state index is 9.34. The van der Waals surface area contributed by atoms with Crippen LogP contribution in [0.15, 0.2) is 12.3 Å². The van der Waals surface area contributed by atoms with Gasteiger partial charge < -0.3 is 20.1 Å². The summed E-state index contributed by atoms with van der Waals surface area (Å²) in [6.07, 6.45) is 4.20. The van der Waals surface area contributed by atoms with Crippen LogP contribution in [0, 0.1) is 12.8 Å². The maximum atomic E-state index is 9.34. The number of aliphatic hydroxyl groups excluding tert-OH is 1. The lowest BCUT2D eigenvalue weighted by Gasteiger charge is -2.33. The third kappa shape index (κ3) is 4.66. The molecule has 1 saturated heterocycles. The number of hydrogen-bond acceptors (Lipinski definition) is 5. The largest absolute Gasteiger partial charge is 0.396 e. The van der Waals surface area contributed by atoms with Crippen LogP contribution in [0.3, 0.4) is 0 Å². The Morgan fingerprint density at radius 3 is 3.10 bits per heavy atom. The first-order valence-corrected chi connectivity index (χ1v) is 7.75. The van der Waals surface area contributed by atoms with E-state index in [1.807, 2.05) is 6.20 Å². The molecule has 118 valence electrons. The second-order valence-electron chi connectivity index (χ2n) is 5.79. The van der Waals surface area contributed by atoms with Crippen LogP contribution in [-0.2, 0) is 11.3 Å². The average Bonchev–Trinajstić information content (AvgIpc) is 2.52. The Morgan fingerprint density at radius 2 is 2.38 bits per heavy atom. The summed E-state index contributed by atoms with van der Waals surface area (Å²) in [5.74, 6) is 1.45. The molecule has 1 atom stereocenters. The number of nitrogens with zero attached hydrogens (tertiary/aromatic N) is 2. The molecule has 5 heteroatoms. The molecule has 0 bridgehead atoms. The van der Waals surface area contributed by atoms with Gasteiger partial charge in [-0.2, -0.15) is 0 Å². The van der Waals surface area contributed by atoms with Gasteiger partial charge in [0.15, 0.2) is 0 Å². The van der Waals surface area contributed by atoms with Crippen LogP contribution in [0.4, 0.5) is 5.82 Å². The first kappa shape index (κ1) is 16.2. The van der Waals surface area contributed by atoms with Gasteiger partial charge in [0.05, 0.1) is 6.61 Å². The molecule has 0 spiro atoms. The Kier molecular flexibility index (Phi) is 6.42. The summed E-state index contributed by atoms with van der Waals surface area (Å²) in [5.41, 5.74) is 2.41. The first-order valence-electron chi connectivity index (χ1n) is 7.75. The highest BCUT2D eigenvalue weighted by Gasteiger charge is 2.21. The highest BCUT2D eigenvalue weighted by atomic mass is 16.5. The molecule has 0 saturated carbocycles. The number of hydrogen-bond donors (Lipinski definition) is 2. The summed E-state index contributed by atoms with van der Waals surface area (Å²) in [6, 6.07) is 2.20. The summed E-state index contributed by atoms with van der Waals surface area (Å²) in [5, 5.41) is 12.7. The lowest BCUT2D eigenvalue weighted by Crippen LogP contribution is -2.37. The molecule has 0 radical (unpaired) electrons. The molecule has 21 heavy (non-hydrogen) atoms. The minimum absolute atomic E-state index is 0.275. The zero-order valence-electron chi connectivity index (χ0n) is 13.1. The molecule has 1 fully saturated rings. The van der Waals surface area contributed by atoms with Crippen LogP contribution in [0.25, 0.3) is 0 Å². The van der Waals surface area contributed by atoms with Crippen molar-refractivity contribution in [2.75, 3.05) is 44.9 Å². The first-order chi connectivity index (χ1) is 10.2. The second-order valence-corrected chi connectivity index (χ2v) is 5.79. The minimum Gasteiger partial charge on any atom is -0.396 e. The van der Waals surface area contributed by atoms with Crippen molar-refractivity contribution < 1.29 is 9.84 Å². The predicted octanol–water partition coefficient (Wildman–Crippen LogP) is 1.33. The number of aliphatic hydroxyl groups is 1. The van der Waals surface area contributed by atoms with Gasteiger partial charge in [-0.3, -0.25) is 0 Å². The van der Waals surface area contributed by atoms with Crippen LogP contribution >= 0.6 is 0 Å². The van der Waals surface area contributed by atoms with Crippen molar-refractivity contribution in [1.29, 1.82) is 0 Å². The fourth-order valence-corrected chi connectivity index (χ4v) is 2.87. The van der Waals surface area contributed by atoms with E-state index in [9.17, 15) is 5.11 Å². The van der Waals surface area contributed by atoms with Gasteiger partial charge in [0.1, 0.15) is 5.82 Å². The summed E-state index contributed by atoms with van der Waals surface area (Å²) in [4.78, 5) is 6.95. The Bertz CT molecular complexity index is 440. The molecular formula is C16H27N3O2. The predicted molar refractivity (Wildman–Crippen MR) is 84.6 cm³/mol. The zero-order valence-corrected chi connectivity index (χ0v) is 13.1. The maximum Gasteiger partial charge on any atom is 0.131 e. The van der Waals surface area contributed by atoms with E-state index in [0.717, 1.165) is 51.4 Å². The number of ether oxygens (including phenoxy) is 1. The van der Waals surface area contributed by atoms with Crippen LogP contribution in [0.5, 0.6) is 0 Å². The van der Waals surface area contributed by atoms with Gasteiger partial charge >= 0.3 is 0 Å². The molecule has 0 aliphatic carbocycles. The molecule has 0 amide bonds. The molecule has 0 aromatic carbocycles. The van der Waals surface area contributed by atoms with Crippen LogP contribution in [0.1, 0.15) is 24.0 Å². The third-order valence-corrected chi connectivity index (χ3v) is 4.00. The van der Waals surface area contributed by atoms with Crippen molar-refractivity contribution in [3.05, 3.63) is 23.4 Å². The standard InChI is InChI=1S/C16H27N3O2/c1-13-8-15(9-17-5-7-21-2)10-18-16(13)19-6-3-4-14(11-19)12-20/h8,10,14,17,20H,3-7,9,11-12H2,1-2H3. The number of aryl methyl sites for hydroxylation is 1. The third-order valence-electron chi connectivity index (χ3n) is 4.00. The van der Waals surface area contributed by atoms with E-state index in [-0.39, 0.29) is 6.61 Å². The Hall–Kier alpha value is -1.17. The van der Waals surface area contributed by atoms with Crippen molar-refractivity contribution in [2.45, 2.75) is 26.3 Å². The molecule has 5 nitrogen and oxygen atoms in total. The van der Waals surface area contributed by atoms with Crippen LogP contribution in [0.2, 0.25) is 0 Å². The SMILES string of the molecule is COCCNCc1cnc(N2CCCC(CO)C2)c(C)c1. The monoisotopic (exact) mass is 293 g/mol. The lowest BCUT2D eigenvalue weighted by atomic mass is 9.98. The van der Waals surface area contributed by atoms with Gasteiger partial charge in [-0.1, -0.05) is 0 Å². The van der Waals surface area contributed by atoms with Crippen molar-refractivity contribution in [1.82, 2.24) is 10.3 Å². The number of rotatable bonds is 7. The molecule has 1 aliphatic rings. The van der Waals surface area contributed by atoms with E-state index in [2.05, 4.69) is 28.2 Å². The fraction of sp³-hybridized carbons (Fsp3) is 0.688. The minimum atomic E-state index is 0.275. The number of nitrogens with one attached hydrogen (secondary N) is 1. The molecule has 1 unspecified atom stereocenters. The molecular weight excluding hydrogens is 266 g/mol. The second kappa shape index (κ2) is 8.32. The molecule has 1 aromatic rings. The molecule has 1 aromatic heterocycles. The van der Waals surface area contributed by atoms with Gasteiger partial charge in [0, 0.05) is 46.1 Å².